The highest BCUT2D eigenvalue weighted by Gasteiger charge is 2.20. The van der Waals surface area contributed by atoms with Crippen molar-refractivity contribution >= 4 is 5.69 Å². The van der Waals surface area contributed by atoms with Gasteiger partial charge in [0.05, 0.1) is 17.9 Å². The summed E-state index contributed by atoms with van der Waals surface area (Å²) in [6.07, 6.45) is 1.70. The van der Waals surface area contributed by atoms with Gasteiger partial charge in [0.2, 0.25) is 0 Å². The van der Waals surface area contributed by atoms with Crippen LogP contribution in [0.4, 0.5) is 10.1 Å². The molecule has 2 atom stereocenters. The molecule has 1 aliphatic heterocycles. The van der Waals surface area contributed by atoms with E-state index >= 15 is 0 Å². The zero-order valence-corrected chi connectivity index (χ0v) is 11.6. The van der Waals surface area contributed by atoms with E-state index in [0.717, 1.165) is 32.5 Å². The lowest BCUT2D eigenvalue weighted by molar-refractivity contribution is 0.115. The molecule has 106 valence electrons. The van der Waals surface area contributed by atoms with E-state index in [4.69, 9.17) is 4.74 Å². The maximum atomic E-state index is 14.1. The first-order valence-electron chi connectivity index (χ1n) is 6.96. The number of aliphatic hydroxyl groups is 1. The molecular formula is C15H22FNO2. The highest BCUT2D eigenvalue weighted by atomic mass is 19.1. The monoisotopic (exact) mass is 267 g/mol. The van der Waals surface area contributed by atoms with Crippen LogP contribution in [-0.2, 0) is 4.74 Å². The maximum absolute atomic E-state index is 14.1. The lowest BCUT2D eigenvalue weighted by Crippen LogP contribution is -2.32. The van der Waals surface area contributed by atoms with Gasteiger partial charge in [-0.05, 0) is 44.4 Å². The van der Waals surface area contributed by atoms with Gasteiger partial charge >= 0.3 is 0 Å². The van der Waals surface area contributed by atoms with Crippen molar-refractivity contribution in [3.63, 3.8) is 0 Å². The highest BCUT2D eigenvalue weighted by Crippen LogP contribution is 2.25. The summed E-state index contributed by atoms with van der Waals surface area (Å²) in [6.45, 7) is 5.92. The zero-order chi connectivity index (χ0) is 13.8. The van der Waals surface area contributed by atoms with Crippen LogP contribution in [0.5, 0.6) is 0 Å². The molecule has 0 radical (unpaired) electrons. The van der Waals surface area contributed by atoms with E-state index in [9.17, 15) is 9.50 Å². The number of rotatable bonds is 5. The van der Waals surface area contributed by atoms with E-state index in [1.807, 2.05) is 11.8 Å². The predicted molar refractivity (Wildman–Crippen MR) is 73.9 cm³/mol. The van der Waals surface area contributed by atoms with E-state index in [2.05, 4.69) is 0 Å². The van der Waals surface area contributed by atoms with Crippen LogP contribution >= 0.6 is 0 Å². The Balaban J connectivity index is 2.13. The minimum absolute atomic E-state index is 0.204. The smallest absolute Gasteiger partial charge is 0.146 e. The van der Waals surface area contributed by atoms with Gasteiger partial charge < -0.3 is 14.7 Å². The lowest BCUT2D eigenvalue weighted by Gasteiger charge is -2.26. The first-order valence-corrected chi connectivity index (χ1v) is 6.96. The lowest BCUT2D eigenvalue weighted by atomic mass is 10.1. The molecule has 0 amide bonds. The fourth-order valence-electron chi connectivity index (χ4n) is 2.47. The third-order valence-electron chi connectivity index (χ3n) is 3.62. The Morgan fingerprint density at radius 2 is 2.32 bits per heavy atom. The first-order chi connectivity index (χ1) is 9.11. The quantitative estimate of drug-likeness (QED) is 0.890. The summed E-state index contributed by atoms with van der Waals surface area (Å²) in [4.78, 5) is 2.00. The Hall–Kier alpha value is -1.13. The molecular weight excluding hydrogens is 245 g/mol. The number of ether oxygens (including phenoxy) is 1. The Kier molecular flexibility index (Phi) is 4.77. The normalized spacial score (nSPS) is 20.5. The topological polar surface area (TPSA) is 32.7 Å². The van der Waals surface area contributed by atoms with Crippen molar-refractivity contribution in [2.24, 2.45) is 0 Å². The van der Waals surface area contributed by atoms with Crippen molar-refractivity contribution in [2.45, 2.75) is 38.9 Å². The van der Waals surface area contributed by atoms with Crippen LogP contribution in [-0.4, -0.2) is 30.9 Å². The number of nitrogens with zero attached hydrogens (tertiary/aromatic N) is 1. The number of hydrogen-bond acceptors (Lipinski definition) is 3. The van der Waals surface area contributed by atoms with E-state index in [-0.39, 0.29) is 11.9 Å². The van der Waals surface area contributed by atoms with Gasteiger partial charge in [0, 0.05) is 19.7 Å². The van der Waals surface area contributed by atoms with Gasteiger partial charge in [-0.15, -0.1) is 0 Å². The number of halogens is 1. The molecule has 0 aromatic heterocycles. The van der Waals surface area contributed by atoms with Crippen LogP contribution in [0.25, 0.3) is 0 Å². The summed E-state index contributed by atoms with van der Waals surface area (Å²) < 4.78 is 19.7. The number of hydrogen-bond donors (Lipinski definition) is 1. The standard InChI is InChI=1S/C15H22FNO2/c1-3-17(10-13-5-4-8-19-13)15-7-6-12(11(2)18)9-14(15)16/h6-7,9,11,13,18H,3-5,8,10H2,1-2H3/t11-,13?/m0/s1. The molecule has 0 saturated carbocycles. The second-order valence-corrected chi connectivity index (χ2v) is 5.06. The van der Waals surface area contributed by atoms with Gasteiger partial charge in [-0.2, -0.15) is 0 Å². The summed E-state index contributed by atoms with van der Waals surface area (Å²) in [5.74, 6) is -0.279. The predicted octanol–water partition coefficient (Wildman–Crippen LogP) is 2.88. The second-order valence-electron chi connectivity index (χ2n) is 5.06. The van der Waals surface area contributed by atoms with Crippen molar-refractivity contribution in [2.75, 3.05) is 24.6 Å². The minimum Gasteiger partial charge on any atom is -0.389 e. The van der Waals surface area contributed by atoms with Crippen LogP contribution in [0.1, 0.15) is 38.4 Å². The van der Waals surface area contributed by atoms with Gasteiger partial charge in [-0.25, -0.2) is 4.39 Å². The summed E-state index contributed by atoms with van der Waals surface area (Å²) in [5.41, 5.74) is 1.19. The first kappa shape index (κ1) is 14.3. The maximum Gasteiger partial charge on any atom is 0.146 e. The summed E-state index contributed by atoms with van der Waals surface area (Å²) in [7, 11) is 0. The molecule has 0 aliphatic carbocycles. The van der Waals surface area contributed by atoms with Gasteiger partial charge in [0.25, 0.3) is 0 Å². The fraction of sp³-hybridized carbons (Fsp3) is 0.600. The molecule has 0 spiro atoms. The Morgan fingerprint density at radius 3 is 2.84 bits per heavy atom. The zero-order valence-electron chi connectivity index (χ0n) is 11.6. The van der Waals surface area contributed by atoms with E-state index < -0.39 is 6.10 Å². The third-order valence-corrected chi connectivity index (χ3v) is 3.62. The number of aliphatic hydroxyl groups excluding tert-OH is 1. The molecule has 1 aliphatic rings. The Morgan fingerprint density at radius 1 is 1.53 bits per heavy atom. The van der Waals surface area contributed by atoms with Crippen molar-refractivity contribution in [1.29, 1.82) is 0 Å². The summed E-state index contributed by atoms with van der Waals surface area (Å²) >= 11 is 0. The van der Waals surface area contributed by atoms with Crippen molar-refractivity contribution < 1.29 is 14.2 Å². The molecule has 2 rings (SSSR count). The van der Waals surface area contributed by atoms with Crippen LogP contribution in [0.15, 0.2) is 18.2 Å². The molecule has 1 aromatic rings. The summed E-state index contributed by atoms with van der Waals surface area (Å²) in [5, 5.41) is 9.46. The molecule has 0 bridgehead atoms. The summed E-state index contributed by atoms with van der Waals surface area (Å²) in [6, 6.07) is 4.94. The van der Waals surface area contributed by atoms with Crippen LogP contribution < -0.4 is 4.90 Å². The number of anilines is 1. The molecule has 1 unspecified atom stereocenters. The van der Waals surface area contributed by atoms with Gasteiger partial charge in [-0.1, -0.05) is 6.07 Å². The average molecular weight is 267 g/mol. The second kappa shape index (κ2) is 6.35. The molecule has 4 heteroatoms. The van der Waals surface area contributed by atoms with Gasteiger partial charge in [-0.3, -0.25) is 0 Å². The Bertz CT molecular complexity index is 417. The largest absolute Gasteiger partial charge is 0.389 e. The van der Waals surface area contributed by atoms with Crippen molar-refractivity contribution in [3.05, 3.63) is 29.6 Å². The molecule has 1 saturated heterocycles. The van der Waals surface area contributed by atoms with Crippen LogP contribution in [0.2, 0.25) is 0 Å². The average Bonchev–Trinajstić information content (AvgIpc) is 2.89. The van der Waals surface area contributed by atoms with E-state index in [0.29, 0.717) is 11.3 Å². The number of likely N-dealkylation sites (N-methyl/N-ethyl adjacent to an activating group) is 1. The Labute approximate surface area is 114 Å². The van der Waals surface area contributed by atoms with E-state index in [1.54, 1.807) is 19.1 Å². The fourth-order valence-corrected chi connectivity index (χ4v) is 2.47. The molecule has 1 N–H and O–H groups in total. The van der Waals surface area contributed by atoms with Gasteiger partial charge in [0.15, 0.2) is 0 Å². The molecule has 1 heterocycles. The van der Waals surface area contributed by atoms with E-state index in [1.165, 1.54) is 6.07 Å². The SMILES string of the molecule is CCN(CC1CCCO1)c1ccc([C@H](C)O)cc1F. The molecule has 1 aromatic carbocycles. The van der Waals surface area contributed by atoms with Crippen LogP contribution in [0.3, 0.4) is 0 Å². The van der Waals surface area contributed by atoms with Crippen molar-refractivity contribution in [3.8, 4) is 0 Å². The van der Waals surface area contributed by atoms with Gasteiger partial charge in [0.1, 0.15) is 5.82 Å². The number of benzene rings is 1. The highest BCUT2D eigenvalue weighted by molar-refractivity contribution is 5.49. The van der Waals surface area contributed by atoms with Crippen molar-refractivity contribution in [1.82, 2.24) is 0 Å². The third kappa shape index (κ3) is 3.45. The molecule has 3 nitrogen and oxygen atoms in total. The molecule has 1 fully saturated rings. The molecule has 19 heavy (non-hydrogen) atoms. The van der Waals surface area contributed by atoms with Crippen LogP contribution in [0, 0.1) is 5.82 Å². The minimum atomic E-state index is -0.642.